The minimum Gasteiger partial charge on any atom is -0.467 e. The van der Waals surface area contributed by atoms with Crippen LogP contribution in [0.3, 0.4) is 0 Å². The summed E-state index contributed by atoms with van der Waals surface area (Å²) < 4.78 is 82.6. The number of ether oxygens (including phenoxy) is 1. The fourth-order valence-electron chi connectivity index (χ4n) is 2.57. The third-order valence-electron chi connectivity index (χ3n) is 4.08. The van der Waals surface area contributed by atoms with Gasteiger partial charge in [-0.3, -0.25) is 4.79 Å². The fraction of sp³-hybridized carbons (Fsp3) is 0.263. The van der Waals surface area contributed by atoms with E-state index in [1.807, 2.05) is 0 Å². The molecule has 0 spiro atoms. The van der Waals surface area contributed by atoms with Crippen molar-refractivity contribution in [1.82, 2.24) is 5.32 Å². The van der Waals surface area contributed by atoms with Crippen molar-refractivity contribution in [2.75, 3.05) is 7.11 Å². The second-order valence-electron chi connectivity index (χ2n) is 6.28. The average molecular weight is 488 g/mol. The molecule has 168 valence electrons. The summed E-state index contributed by atoms with van der Waals surface area (Å²) in [6.45, 7) is 0. The van der Waals surface area contributed by atoms with Crippen molar-refractivity contribution in [3.05, 3.63) is 68.7 Å². The largest absolute Gasteiger partial charge is 0.467 e. The van der Waals surface area contributed by atoms with Crippen molar-refractivity contribution in [3.8, 4) is 0 Å². The van der Waals surface area contributed by atoms with Crippen molar-refractivity contribution in [3.63, 3.8) is 0 Å². The van der Waals surface area contributed by atoms with Crippen LogP contribution < -0.4 is 5.32 Å². The molecule has 0 aromatic heterocycles. The van der Waals surface area contributed by atoms with E-state index in [2.05, 4.69) is 10.1 Å². The molecule has 1 amide bonds. The molecular formula is C19H13Cl2F6NO3. The standard InChI is InChI=1S/C19H13Cl2F6NO3/c1-31-17(30)15(6-9-2-3-13(20)8-14(9)21)28-16(29)10-4-11(18(22,23)24)7-12(5-10)19(25,26)27/h2-5,7-8,15H,6H2,1H3,(H,28,29)/t15-/m1/s1. The third-order valence-corrected chi connectivity index (χ3v) is 4.67. The van der Waals surface area contributed by atoms with Gasteiger partial charge in [-0.1, -0.05) is 29.3 Å². The van der Waals surface area contributed by atoms with Gasteiger partial charge in [-0.25, -0.2) is 4.79 Å². The highest BCUT2D eigenvalue weighted by atomic mass is 35.5. The van der Waals surface area contributed by atoms with Crippen molar-refractivity contribution in [2.45, 2.75) is 24.8 Å². The minimum absolute atomic E-state index is 0.109. The number of alkyl halides is 6. The fourth-order valence-corrected chi connectivity index (χ4v) is 3.06. The maximum Gasteiger partial charge on any atom is 0.416 e. The number of benzene rings is 2. The van der Waals surface area contributed by atoms with Crippen LogP contribution in [0.1, 0.15) is 27.0 Å². The van der Waals surface area contributed by atoms with Gasteiger partial charge >= 0.3 is 18.3 Å². The number of methoxy groups -OCH3 is 1. The topological polar surface area (TPSA) is 55.4 Å². The van der Waals surface area contributed by atoms with E-state index in [0.29, 0.717) is 5.56 Å². The summed E-state index contributed by atoms with van der Waals surface area (Å²) in [5, 5.41) is 2.51. The van der Waals surface area contributed by atoms with Crippen molar-refractivity contribution in [2.24, 2.45) is 0 Å². The Bertz CT molecular complexity index is 959. The quantitative estimate of drug-likeness (QED) is 0.444. The number of hydrogen-bond donors (Lipinski definition) is 1. The number of hydrogen-bond acceptors (Lipinski definition) is 3. The molecule has 0 radical (unpaired) electrons. The van der Waals surface area contributed by atoms with E-state index in [9.17, 15) is 35.9 Å². The van der Waals surface area contributed by atoms with Crippen LogP contribution in [0, 0.1) is 0 Å². The Morgan fingerprint density at radius 3 is 1.97 bits per heavy atom. The lowest BCUT2D eigenvalue weighted by Gasteiger charge is -2.19. The molecule has 1 N–H and O–H groups in total. The number of halogens is 8. The van der Waals surface area contributed by atoms with E-state index in [0.717, 1.165) is 7.11 Å². The molecule has 1 atom stereocenters. The summed E-state index contributed by atoms with van der Waals surface area (Å²) in [5.41, 5.74) is -3.93. The number of amides is 1. The number of carbonyl (C=O) groups excluding carboxylic acids is 2. The Morgan fingerprint density at radius 2 is 1.52 bits per heavy atom. The van der Waals surface area contributed by atoms with E-state index in [1.165, 1.54) is 18.2 Å². The molecule has 0 aliphatic heterocycles. The molecule has 0 bridgehead atoms. The lowest BCUT2D eigenvalue weighted by Crippen LogP contribution is -2.43. The predicted octanol–water partition coefficient (Wildman–Crippen LogP) is 5.55. The van der Waals surface area contributed by atoms with Crippen LogP contribution in [-0.4, -0.2) is 25.0 Å². The number of carbonyl (C=O) groups is 2. The Labute approximate surface area is 182 Å². The Hall–Kier alpha value is -2.46. The molecule has 0 heterocycles. The van der Waals surface area contributed by atoms with Crippen LogP contribution in [-0.2, 0) is 28.3 Å². The van der Waals surface area contributed by atoms with E-state index in [1.54, 1.807) is 0 Å². The molecule has 0 saturated carbocycles. The van der Waals surface area contributed by atoms with E-state index in [4.69, 9.17) is 23.2 Å². The summed E-state index contributed by atoms with van der Waals surface area (Å²) in [4.78, 5) is 24.5. The molecule has 4 nitrogen and oxygen atoms in total. The molecule has 0 fully saturated rings. The second-order valence-corrected chi connectivity index (χ2v) is 7.13. The monoisotopic (exact) mass is 487 g/mol. The van der Waals surface area contributed by atoms with E-state index >= 15 is 0 Å². The van der Waals surface area contributed by atoms with Crippen LogP contribution >= 0.6 is 23.2 Å². The zero-order chi connectivity index (χ0) is 23.6. The summed E-state index contributed by atoms with van der Waals surface area (Å²) in [7, 11) is 0.997. The minimum atomic E-state index is -5.13. The molecule has 0 saturated heterocycles. The first-order valence-electron chi connectivity index (χ1n) is 8.34. The molecular weight excluding hydrogens is 475 g/mol. The molecule has 0 aliphatic carbocycles. The Kier molecular flexibility index (Phi) is 7.48. The van der Waals surface area contributed by atoms with Gasteiger partial charge in [0, 0.05) is 22.0 Å². The van der Waals surface area contributed by atoms with Gasteiger partial charge in [-0.15, -0.1) is 0 Å². The van der Waals surface area contributed by atoms with E-state index < -0.39 is 47.0 Å². The zero-order valence-corrected chi connectivity index (χ0v) is 17.0. The van der Waals surface area contributed by atoms with Gasteiger partial charge < -0.3 is 10.1 Å². The lowest BCUT2D eigenvalue weighted by atomic mass is 10.0. The summed E-state index contributed by atoms with van der Waals surface area (Å²) in [6, 6.07) is 3.21. The van der Waals surface area contributed by atoms with Crippen molar-refractivity contribution >= 4 is 35.1 Å². The van der Waals surface area contributed by atoms with Crippen molar-refractivity contribution < 1.29 is 40.7 Å². The first kappa shape index (κ1) is 24.8. The SMILES string of the molecule is COC(=O)[C@@H](Cc1ccc(Cl)cc1Cl)NC(=O)c1cc(C(F)(F)F)cc(C(F)(F)F)c1. The highest BCUT2D eigenvalue weighted by molar-refractivity contribution is 6.35. The van der Waals surface area contributed by atoms with Crippen molar-refractivity contribution in [1.29, 1.82) is 0 Å². The molecule has 12 heteroatoms. The van der Waals surface area contributed by atoms with Crippen LogP contribution in [0.4, 0.5) is 26.3 Å². The Balaban J connectivity index is 2.39. The summed E-state index contributed by atoms with van der Waals surface area (Å²) in [6.07, 6.45) is -10.5. The van der Waals surface area contributed by atoms with Gasteiger partial charge in [0.1, 0.15) is 6.04 Å². The predicted molar refractivity (Wildman–Crippen MR) is 99.9 cm³/mol. The maximum atomic E-state index is 13.0. The smallest absolute Gasteiger partial charge is 0.416 e. The Morgan fingerprint density at radius 1 is 0.968 bits per heavy atom. The first-order chi connectivity index (χ1) is 14.2. The number of esters is 1. The average Bonchev–Trinajstić information content (AvgIpc) is 2.66. The van der Waals surface area contributed by atoms with Crippen LogP contribution in [0.25, 0.3) is 0 Å². The highest BCUT2D eigenvalue weighted by Crippen LogP contribution is 2.36. The summed E-state index contributed by atoms with van der Waals surface area (Å²) in [5.74, 6) is -2.32. The third kappa shape index (κ3) is 6.51. The van der Waals surface area contributed by atoms with Crippen LogP contribution in [0.5, 0.6) is 0 Å². The number of nitrogens with one attached hydrogen (secondary N) is 1. The van der Waals surface area contributed by atoms with Gasteiger partial charge in [-0.05, 0) is 35.9 Å². The highest BCUT2D eigenvalue weighted by Gasteiger charge is 2.38. The lowest BCUT2D eigenvalue weighted by molar-refractivity contribution is -0.144. The molecule has 2 rings (SSSR count). The zero-order valence-electron chi connectivity index (χ0n) is 15.5. The second kappa shape index (κ2) is 9.35. The first-order valence-corrected chi connectivity index (χ1v) is 9.10. The van der Waals surface area contributed by atoms with Crippen LogP contribution in [0.15, 0.2) is 36.4 Å². The normalized spacial score (nSPS) is 12.9. The molecule has 2 aromatic carbocycles. The molecule has 31 heavy (non-hydrogen) atoms. The van der Waals surface area contributed by atoms with Gasteiger partial charge in [0.25, 0.3) is 5.91 Å². The molecule has 0 aliphatic rings. The molecule has 2 aromatic rings. The van der Waals surface area contributed by atoms with Crippen LogP contribution in [0.2, 0.25) is 10.0 Å². The molecule has 0 unspecified atom stereocenters. The van der Waals surface area contributed by atoms with E-state index in [-0.39, 0.29) is 34.7 Å². The van der Waals surface area contributed by atoms with Gasteiger partial charge in [0.15, 0.2) is 0 Å². The van der Waals surface area contributed by atoms with Gasteiger partial charge in [0.2, 0.25) is 0 Å². The maximum absolute atomic E-state index is 13.0. The summed E-state index contributed by atoms with van der Waals surface area (Å²) >= 11 is 11.8. The van der Waals surface area contributed by atoms with Gasteiger partial charge in [-0.2, -0.15) is 26.3 Å². The van der Waals surface area contributed by atoms with Gasteiger partial charge in [0.05, 0.1) is 18.2 Å². The number of rotatable bonds is 5.